The molecular formula is C13H7F2N5. The predicted octanol–water partition coefficient (Wildman–Crippen LogP) is 2.36. The van der Waals surface area contributed by atoms with Crippen molar-refractivity contribution in [2.75, 3.05) is 5.73 Å². The number of nitrogen functional groups attached to an aromatic ring is 1. The highest BCUT2D eigenvalue weighted by atomic mass is 19.1. The Morgan fingerprint density at radius 2 is 2.05 bits per heavy atom. The molecule has 2 aromatic heterocycles. The number of nitrogens with one attached hydrogen (secondary N) is 1. The van der Waals surface area contributed by atoms with Gasteiger partial charge in [-0.1, -0.05) is 0 Å². The van der Waals surface area contributed by atoms with Gasteiger partial charge in [0.25, 0.3) is 0 Å². The minimum atomic E-state index is -0.682. The molecule has 0 aliphatic rings. The standard InChI is InChI=1S/C13H7F2N5/c14-7-2-9-12(19-20-13(9)18-5-7)8-3-11(17)10(15)1-6(8)4-16/h1-3,5H,17H2,(H,18,19,20). The van der Waals surface area contributed by atoms with Crippen molar-refractivity contribution in [3.63, 3.8) is 0 Å². The number of H-pyrrole nitrogens is 1. The zero-order valence-electron chi connectivity index (χ0n) is 9.98. The van der Waals surface area contributed by atoms with Crippen molar-refractivity contribution < 1.29 is 8.78 Å². The molecule has 3 N–H and O–H groups in total. The maximum atomic E-state index is 13.4. The molecule has 20 heavy (non-hydrogen) atoms. The molecule has 0 amide bonds. The summed E-state index contributed by atoms with van der Waals surface area (Å²) in [4.78, 5) is 3.82. The molecule has 3 aromatic rings. The van der Waals surface area contributed by atoms with Crippen LogP contribution in [0, 0.1) is 23.0 Å². The van der Waals surface area contributed by atoms with E-state index in [-0.39, 0.29) is 11.3 Å². The van der Waals surface area contributed by atoms with E-state index in [9.17, 15) is 8.78 Å². The van der Waals surface area contributed by atoms with Gasteiger partial charge in [-0.15, -0.1) is 0 Å². The molecule has 3 rings (SSSR count). The number of hydrogen-bond donors (Lipinski definition) is 2. The number of pyridine rings is 1. The Bertz CT molecular complexity index is 863. The Labute approximate surface area is 111 Å². The summed E-state index contributed by atoms with van der Waals surface area (Å²) >= 11 is 0. The first kappa shape index (κ1) is 12.0. The minimum absolute atomic E-state index is 0.0755. The number of anilines is 1. The van der Waals surface area contributed by atoms with E-state index in [2.05, 4.69) is 15.2 Å². The van der Waals surface area contributed by atoms with Crippen LogP contribution < -0.4 is 5.73 Å². The largest absolute Gasteiger partial charge is 0.396 e. The lowest BCUT2D eigenvalue weighted by molar-refractivity contribution is 0.624. The molecule has 0 bridgehead atoms. The second-order valence-electron chi connectivity index (χ2n) is 4.15. The van der Waals surface area contributed by atoms with Crippen molar-refractivity contribution in [1.82, 2.24) is 15.2 Å². The van der Waals surface area contributed by atoms with Gasteiger partial charge >= 0.3 is 0 Å². The number of nitrogens with two attached hydrogens (primary N) is 1. The number of aromatic nitrogens is 3. The predicted molar refractivity (Wildman–Crippen MR) is 68.4 cm³/mol. The van der Waals surface area contributed by atoms with Gasteiger partial charge in [-0.05, 0) is 18.2 Å². The third-order valence-corrected chi connectivity index (χ3v) is 2.90. The lowest BCUT2D eigenvalue weighted by Crippen LogP contribution is -1.95. The molecule has 0 atom stereocenters. The Kier molecular flexibility index (Phi) is 2.57. The number of nitrogens with zero attached hydrogens (tertiary/aromatic N) is 3. The molecule has 0 spiro atoms. The van der Waals surface area contributed by atoms with Crippen molar-refractivity contribution in [2.45, 2.75) is 0 Å². The van der Waals surface area contributed by atoms with Gasteiger partial charge in [-0.25, -0.2) is 13.8 Å². The summed E-state index contributed by atoms with van der Waals surface area (Å²) in [5.41, 5.74) is 6.50. The molecule has 7 heteroatoms. The Balaban J connectivity index is 2.34. The van der Waals surface area contributed by atoms with E-state index in [0.717, 1.165) is 12.3 Å². The van der Waals surface area contributed by atoms with E-state index >= 15 is 0 Å². The summed E-state index contributed by atoms with van der Waals surface area (Å²) in [6.07, 6.45) is 1.04. The molecule has 2 heterocycles. The van der Waals surface area contributed by atoms with Crippen LogP contribution in [-0.2, 0) is 0 Å². The van der Waals surface area contributed by atoms with Gasteiger partial charge in [0.15, 0.2) is 5.65 Å². The fraction of sp³-hybridized carbons (Fsp3) is 0. The second kappa shape index (κ2) is 4.28. The topological polar surface area (TPSA) is 91.4 Å². The van der Waals surface area contributed by atoms with Crippen molar-refractivity contribution in [1.29, 1.82) is 5.26 Å². The molecule has 0 unspecified atom stereocenters. The molecule has 1 aromatic carbocycles. The smallest absolute Gasteiger partial charge is 0.181 e. The summed E-state index contributed by atoms with van der Waals surface area (Å²) in [7, 11) is 0. The summed E-state index contributed by atoms with van der Waals surface area (Å²) < 4.78 is 26.7. The van der Waals surface area contributed by atoms with Gasteiger partial charge in [-0.3, -0.25) is 5.10 Å². The Hall–Kier alpha value is -3.01. The normalized spacial score (nSPS) is 10.7. The average molecular weight is 271 g/mol. The highest BCUT2D eigenvalue weighted by Crippen LogP contribution is 2.31. The van der Waals surface area contributed by atoms with Gasteiger partial charge < -0.3 is 5.73 Å². The maximum absolute atomic E-state index is 13.4. The van der Waals surface area contributed by atoms with Crippen LogP contribution in [0.15, 0.2) is 24.4 Å². The van der Waals surface area contributed by atoms with Gasteiger partial charge in [0.2, 0.25) is 0 Å². The van der Waals surface area contributed by atoms with E-state index in [0.29, 0.717) is 22.3 Å². The van der Waals surface area contributed by atoms with E-state index in [1.54, 1.807) is 0 Å². The number of fused-ring (bicyclic) bond motifs is 1. The number of benzene rings is 1. The van der Waals surface area contributed by atoms with Gasteiger partial charge in [0.05, 0.1) is 29.2 Å². The first-order valence-electron chi connectivity index (χ1n) is 5.59. The molecular weight excluding hydrogens is 264 g/mol. The van der Waals surface area contributed by atoms with Crippen LogP contribution in [0.2, 0.25) is 0 Å². The first-order valence-corrected chi connectivity index (χ1v) is 5.59. The SMILES string of the molecule is N#Cc1cc(F)c(N)cc1-c1[nH]nc2ncc(F)cc12. The van der Waals surface area contributed by atoms with Crippen LogP contribution in [0.25, 0.3) is 22.3 Å². The zero-order chi connectivity index (χ0) is 14.3. The number of rotatable bonds is 1. The number of halogens is 2. The lowest BCUT2D eigenvalue weighted by atomic mass is 10.0. The van der Waals surface area contributed by atoms with Crippen LogP contribution in [-0.4, -0.2) is 15.2 Å². The van der Waals surface area contributed by atoms with Gasteiger partial charge in [0.1, 0.15) is 11.6 Å². The molecule has 5 nitrogen and oxygen atoms in total. The zero-order valence-corrected chi connectivity index (χ0v) is 9.98. The highest BCUT2D eigenvalue weighted by molar-refractivity contribution is 5.92. The van der Waals surface area contributed by atoms with E-state index in [1.165, 1.54) is 12.1 Å². The van der Waals surface area contributed by atoms with Crippen LogP contribution in [0.3, 0.4) is 0 Å². The minimum Gasteiger partial charge on any atom is -0.396 e. The number of aromatic amines is 1. The number of hydrogen-bond acceptors (Lipinski definition) is 4. The fourth-order valence-electron chi connectivity index (χ4n) is 1.97. The summed E-state index contributed by atoms with van der Waals surface area (Å²) in [6, 6.07) is 5.45. The molecule has 98 valence electrons. The average Bonchev–Trinajstić information content (AvgIpc) is 2.84. The summed E-state index contributed by atoms with van der Waals surface area (Å²) in [5, 5.41) is 16.1. The van der Waals surface area contributed by atoms with Crippen molar-refractivity contribution >= 4 is 16.7 Å². The van der Waals surface area contributed by atoms with Crippen LogP contribution in [0.4, 0.5) is 14.5 Å². The maximum Gasteiger partial charge on any atom is 0.181 e. The Morgan fingerprint density at radius 3 is 2.80 bits per heavy atom. The molecule has 0 radical (unpaired) electrons. The molecule has 0 aliphatic carbocycles. The molecule has 0 fully saturated rings. The molecule has 0 saturated carbocycles. The van der Waals surface area contributed by atoms with Crippen molar-refractivity contribution in [2.24, 2.45) is 0 Å². The van der Waals surface area contributed by atoms with E-state index < -0.39 is 11.6 Å². The monoisotopic (exact) mass is 271 g/mol. The van der Waals surface area contributed by atoms with Gasteiger partial charge in [0, 0.05) is 10.9 Å². The Morgan fingerprint density at radius 1 is 1.25 bits per heavy atom. The van der Waals surface area contributed by atoms with Gasteiger partial charge in [-0.2, -0.15) is 10.4 Å². The van der Waals surface area contributed by atoms with Crippen LogP contribution in [0.1, 0.15) is 5.56 Å². The van der Waals surface area contributed by atoms with Crippen LogP contribution >= 0.6 is 0 Å². The van der Waals surface area contributed by atoms with E-state index in [1.807, 2.05) is 6.07 Å². The van der Waals surface area contributed by atoms with Crippen LogP contribution in [0.5, 0.6) is 0 Å². The molecule has 0 aliphatic heterocycles. The van der Waals surface area contributed by atoms with E-state index in [4.69, 9.17) is 11.0 Å². The summed E-state index contributed by atoms with van der Waals surface area (Å²) in [6.45, 7) is 0. The third kappa shape index (κ3) is 1.75. The fourth-order valence-corrected chi connectivity index (χ4v) is 1.97. The third-order valence-electron chi connectivity index (χ3n) is 2.90. The quantitative estimate of drug-likeness (QED) is 0.664. The number of nitriles is 1. The second-order valence-corrected chi connectivity index (χ2v) is 4.15. The molecule has 0 saturated heterocycles. The lowest BCUT2D eigenvalue weighted by Gasteiger charge is -2.05. The first-order chi connectivity index (χ1) is 9.60. The van der Waals surface area contributed by atoms with Crippen molar-refractivity contribution in [3.05, 3.63) is 41.6 Å². The van der Waals surface area contributed by atoms with Crippen molar-refractivity contribution in [3.8, 4) is 17.3 Å². The highest BCUT2D eigenvalue weighted by Gasteiger charge is 2.15. The summed E-state index contributed by atoms with van der Waals surface area (Å²) in [5.74, 6) is -1.22.